The Bertz CT molecular complexity index is 266. The van der Waals surface area contributed by atoms with Crippen LogP contribution in [0.2, 0.25) is 0 Å². The monoisotopic (exact) mass is 231 g/mol. The molecular weight excluding hydrogens is 214 g/mol. The van der Waals surface area contributed by atoms with Gasteiger partial charge in [-0.05, 0) is 25.7 Å². The number of ketones is 1. The maximum absolute atomic E-state index is 11.4. The highest BCUT2D eigenvalue weighted by Crippen LogP contribution is 2.29. The van der Waals surface area contributed by atoms with Gasteiger partial charge in [-0.1, -0.05) is 12.8 Å². The number of hydrogen-bond acceptors (Lipinski definition) is 5. The van der Waals surface area contributed by atoms with Crippen molar-refractivity contribution in [1.82, 2.24) is 0 Å². The van der Waals surface area contributed by atoms with Gasteiger partial charge in [0.05, 0.1) is 0 Å². The first kappa shape index (κ1) is 12.9. The second-order valence-corrected chi connectivity index (χ2v) is 4.26. The molecule has 0 amide bonds. The average Bonchev–Trinajstić information content (AvgIpc) is 2.20. The van der Waals surface area contributed by atoms with Crippen molar-refractivity contribution in [2.75, 3.05) is 0 Å². The van der Waals surface area contributed by atoms with Gasteiger partial charge in [0.1, 0.15) is 12.2 Å². The van der Waals surface area contributed by atoms with Crippen LogP contribution in [-0.4, -0.2) is 28.2 Å². The number of Topliss-reactive ketones (excluding diaryl/α,β-unsaturated/α-hetero) is 1. The van der Waals surface area contributed by atoms with Crippen LogP contribution >= 0.6 is 0 Å². The molecule has 1 rings (SSSR count). The molecule has 92 valence electrons. The van der Waals surface area contributed by atoms with E-state index in [0.29, 0.717) is 6.42 Å². The third-order valence-electron chi connectivity index (χ3n) is 2.99. The Kier molecular flexibility index (Phi) is 4.67. The Morgan fingerprint density at radius 1 is 1.56 bits per heavy atom. The largest absolute Gasteiger partial charge is 0.386 e. The Labute approximate surface area is 93.7 Å². The van der Waals surface area contributed by atoms with Crippen LogP contribution in [0.5, 0.6) is 0 Å². The van der Waals surface area contributed by atoms with E-state index < -0.39 is 17.3 Å². The summed E-state index contributed by atoms with van der Waals surface area (Å²) in [6.07, 6.45) is 1.86. The average molecular weight is 231 g/mol. The zero-order valence-electron chi connectivity index (χ0n) is 9.30. The summed E-state index contributed by atoms with van der Waals surface area (Å²) >= 11 is 0. The summed E-state index contributed by atoms with van der Waals surface area (Å²) in [4.78, 5) is 26.2. The lowest BCUT2D eigenvalue weighted by Gasteiger charge is -2.29. The molecule has 0 saturated heterocycles. The lowest BCUT2D eigenvalue weighted by Crippen LogP contribution is -2.33. The van der Waals surface area contributed by atoms with Crippen molar-refractivity contribution in [2.45, 2.75) is 51.2 Å². The van der Waals surface area contributed by atoms with E-state index in [1.807, 2.05) is 0 Å². The molecule has 0 aromatic carbocycles. The van der Waals surface area contributed by atoms with Crippen LogP contribution in [0.15, 0.2) is 0 Å². The van der Waals surface area contributed by atoms with Crippen LogP contribution in [0, 0.1) is 16.0 Å². The van der Waals surface area contributed by atoms with Gasteiger partial charge in [-0.15, -0.1) is 10.1 Å². The van der Waals surface area contributed by atoms with E-state index in [4.69, 9.17) is 5.11 Å². The lowest BCUT2D eigenvalue weighted by atomic mass is 9.82. The highest BCUT2D eigenvalue weighted by atomic mass is 17.0. The molecule has 1 aliphatic rings. The number of nitrogens with zero attached hydrogens (tertiary/aromatic N) is 1. The minimum absolute atomic E-state index is 0.138. The molecule has 0 aliphatic heterocycles. The number of rotatable bonds is 5. The first-order valence-corrected chi connectivity index (χ1v) is 5.52. The molecule has 3 unspecified atom stereocenters. The van der Waals surface area contributed by atoms with Gasteiger partial charge >= 0.3 is 0 Å². The van der Waals surface area contributed by atoms with Gasteiger partial charge in [-0.2, -0.15) is 0 Å². The second kappa shape index (κ2) is 5.79. The third-order valence-corrected chi connectivity index (χ3v) is 2.99. The first-order chi connectivity index (χ1) is 7.50. The van der Waals surface area contributed by atoms with Crippen molar-refractivity contribution in [3.63, 3.8) is 0 Å². The summed E-state index contributed by atoms with van der Waals surface area (Å²) in [6, 6.07) is 0. The van der Waals surface area contributed by atoms with E-state index in [-0.39, 0.29) is 18.1 Å². The number of aliphatic hydroxyl groups excluding tert-OH is 1. The summed E-state index contributed by atoms with van der Waals surface area (Å²) in [6.45, 7) is 1.41. The second-order valence-electron chi connectivity index (χ2n) is 4.26. The molecule has 0 heterocycles. The highest BCUT2D eigenvalue weighted by Gasteiger charge is 2.30. The molecule has 6 nitrogen and oxygen atoms in total. The van der Waals surface area contributed by atoms with Crippen LogP contribution in [0.1, 0.15) is 39.0 Å². The number of aliphatic hydroxyl groups is 1. The topological polar surface area (TPSA) is 89.7 Å². The third kappa shape index (κ3) is 3.77. The van der Waals surface area contributed by atoms with Crippen molar-refractivity contribution in [3.8, 4) is 0 Å². The molecule has 3 atom stereocenters. The van der Waals surface area contributed by atoms with Crippen molar-refractivity contribution >= 4 is 5.78 Å². The van der Waals surface area contributed by atoms with Crippen molar-refractivity contribution in [3.05, 3.63) is 10.1 Å². The standard InChI is InChI=1S/C10H17NO5/c1-7(12)9(13)6-8-4-2-3-5-10(8)16-11(14)15/h7-8,10,12H,2-6H2,1H3. The highest BCUT2D eigenvalue weighted by molar-refractivity contribution is 5.82. The SMILES string of the molecule is CC(O)C(=O)CC1CCCCC1O[N+](=O)[O-]. The fourth-order valence-electron chi connectivity index (χ4n) is 2.09. The fraction of sp³-hybridized carbons (Fsp3) is 0.900. The summed E-state index contributed by atoms with van der Waals surface area (Å²) in [5.41, 5.74) is 0. The van der Waals surface area contributed by atoms with Crippen LogP contribution in [0.3, 0.4) is 0 Å². The zero-order chi connectivity index (χ0) is 12.1. The predicted molar refractivity (Wildman–Crippen MR) is 55.1 cm³/mol. The van der Waals surface area contributed by atoms with Crippen LogP contribution in [0.25, 0.3) is 0 Å². The van der Waals surface area contributed by atoms with E-state index in [1.165, 1.54) is 6.92 Å². The normalized spacial score (nSPS) is 27.1. The maximum atomic E-state index is 11.4. The minimum Gasteiger partial charge on any atom is -0.386 e. The smallest absolute Gasteiger partial charge is 0.294 e. The van der Waals surface area contributed by atoms with Crippen molar-refractivity contribution in [1.29, 1.82) is 0 Å². The fourth-order valence-corrected chi connectivity index (χ4v) is 2.09. The van der Waals surface area contributed by atoms with E-state index in [0.717, 1.165) is 19.3 Å². The molecule has 0 bridgehead atoms. The number of carbonyl (C=O) groups is 1. The zero-order valence-corrected chi connectivity index (χ0v) is 9.30. The molecule has 0 aromatic heterocycles. The molecule has 0 radical (unpaired) electrons. The molecule has 1 fully saturated rings. The van der Waals surface area contributed by atoms with E-state index in [2.05, 4.69) is 4.84 Å². The molecule has 0 spiro atoms. The Hall–Kier alpha value is -1.17. The Morgan fingerprint density at radius 2 is 2.19 bits per heavy atom. The van der Waals surface area contributed by atoms with Crippen molar-refractivity contribution in [2.24, 2.45) is 5.92 Å². The summed E-state index contributed by atoms with van der Waals surface area (Å²) in [5, 5.41) is 18.6. The van der Waals surface area contributed by atoms with Crippen molar-refractivity contribution < 1.29 is 19.8 Å². The molecular formula is C10H17NO5. The van der Waals surface area contributed by atoms with E-state index in [9.17, 15) is 14.9 Å². The Balaban J connectivity index is 2.53. The molecule has 1 N–H and O–H groups in total. The van der Waals surface area contributed by atoms with Crippen LogP contribution in [0.4, 0.5) is 0 Å². The first-order valence-electron chi connectivity index (χ1n) is 5.52. The quantitative estimate of drug-likeness (QED) is 0.565. The molecule has 6 heteroatoms. The van der Waals surface area contributed by atoms with E-state index in [1.54, 1.807) is 0 Å². The van der Waals surface area contributed by atoms with Gasteiger partial charge in [0.2, 0.25) is 0 Å². The summed E-state index contributed by atoms with van der Waals surface area (Å²) < 4.78 is 0. The van der Waals surface area contributed by atoms with Gasteiger partial charge in [-0.25, -0.2) is 0 Å². The van der Waals surface area contributed by atoms with E-state index >= 15 is 0 Å². The molecule has 1 aliphatic carbocycles. The minimum atomic E-state index is -1.00. The molecule has 0 aromatic rings. The maximum Gasteiger partial charge on any atom is 0.294 e. The van der Waals surface area contributed by atoms with Gasteiger partial charge in [0, 0.05) is 6.42 Å². The summed E-state index contributed by atoms with van der Waals surface area (Å²) in [7, 11) is 0. The molecule has 1 saturated carbocycles. The lowest BCUT2D eigenvalue weighted by molar-refractivity contribution is -0.771. The van der Waals surface area contributed by atoms with Crippen LogP contribution in [-0.2, 0) is 9.63 Å². The number of carbonyl (C=O) groups excluding carboxylic acids is 1. The van der Waals surface area contributed by atoms with Gasteiger partial charge in [0.25, 0.3) is 5.09 Å². The van der Waals surface area contributed by atoms with Gasteiger partial charge in [-0.3, -0.25) is 4.79 Å². The number of hydrogen-bond donors (Lipinski definition) is 1. The Morgan fingerprint density at radius 3 is 2.75 bits per heavy atom. The summed E-state index contributed by atoms with van der Waals surface area (Å²) in [5.74, 6) is -0.412. The van der Waals surface area contributed by atoms with Crippen LogP contribution < -0.4 is 0 Å². The predicted octanol–water partition coefficient (Wildman–Crippen LogP) is 1.09. The molecule has 16 heavy (non-hydrogen) atoms. The van der Waals surface area contributed by atoms with Gasteiger partial charge in [0.15, 0.2) is 5.78 Å². The van der Waals surface area contributed by atoms with Gasteiger partial charge < -0.3 is 9.94 Å².